The van der Waals surface area contributed by atoms with Crippen molar-refractivity contribution in [2.45, 2.75) is 45.3 Å². The highest BCUT2D eigenvalue weighted by Crippen LogP contribution is 2.44. The summed E-state index contributed by atoms with van der Waals surface area (Å²) in [5.41, 5.74) is -0.373. The Labute approximate surface area is 209 Å². The fraction of sp³-hybridized carbons (Fsp3) is 0.296. The van der Waals surface area contributed by atoms with Gasteiger partial charge < -0.3 is 15.2 Å². The number of nitrogens with one attached hydrogen (secondary N) is 1. The number of carboxylic acid groups (broad SMARTS) is 1. The van der Waals surface area contributed by atoms with Crippen LogP contribution >= 0.6 is 0 Å². The molecule has 1 unspecified atom stereocenters. The van der Waals surface area contributed by atoms with Gasteiger partial charge in [0.15, 0.2) is 0 Å². The summed E-state index contributed by atoms with van der Waals surface area (Å²) in [6.07, 6.45) is -9.74. The summed E-state index contributed by atoms with van der Waals surface area (Å²) in [7, 11) is 0. The number of aliphatic carboxylic acids is 1. The van der Waals surface area contributed by atoms with E-state index in [9.17, 15) is 36.2 Å². The smallest absolute Gasteiger partial charge is 0.481 e. The van der Waals surface area contributed by atoms with Crippen molar-refractivity contribution in [2.24, 2.45) is 5.92 Å². The zero-order chi connectivity index (χ0) is 27.4. The molecule has 3 aromatic rings. The van der Waals surface area contributed by atoms with Crippen LogP contribution in [0, 0.1) is 5.92 Å². The first kappa shape index (κ1) is 27.9. The molecule has 0 aromatic heterocycles. The van der Waals surface area contributed by atoms with E-state index in [1.165, 1.54) is 24.3 Å². The predicted octanol–water partition coefficient (Wildman–Crippen LogP) is 8.10. The van der Waals surface area contributed by atoms with Gasteiger partial charge in [0, 0.05) is 12.2 Å². The average molecular weight is 525 g/mol. The summed E-state index contributed by atoms with van der Waals surface area (Å²) in [6, 6.07) is 15.9. The minimum absolute atomic E-state index is 0.00321. The summed E-state index contributed by atoms with van der Waals surface area (Å²) in [5, 5.41) is 12.6. The second-order valence-electron chi connectivity index (χ2n) is 8.92. The summed E-state index contributed by atoms with van der Waals surface area (Å²) in [5.74, 6) is -3.41. The molecule has 37 heavy (non-hydrogen) atoms. The van der Waals surface area contributed by atoms with E-state index < -0.39 is 35.7 Å². The molecule has 3 aromatic carbocycles. The first-order valence-electron chi connectivity index (χ1n) is 11.4. The van der Waals surface area contributed by atoms with Gasteiger partial charge in [-0.25, -0.2) is 0 Å². The van der Waals surface area contributed by atoms with E-state index in [0.29, 0.717) is 16.7 Å². The van der Waals surface area contributed by atoms with Crippen LogP contribution in [0.2, 0.25) is 0 Å². The van der Waals surface area contributed by atoms with Gasteiger partial charge in [0.05, 0.1) is 11.5 Å². The van der Waals surface area contributed by atoms with E-state index in [1.807, 2.05) is 0 Å². The summed E-state index contributed by atoms with van der Waals surface area (Å²) < 4.78 is 84.2. The van der Waals surface area contributed by atoms with Crippen molar-refractivity contribution >= 4 is 11.7 Å². The van der Waals surface area contributed by atoms with Gasteiger partial charge in [-0.3, -0.25) is 4.79 Å². The van der Waals surface area contributed by atoms with Crippen LogP contribution in [0.1, 0.15) is 42.9 Å². The molecule has 2 N–H and O–H groups in total. The Hall–Kier alpha value is -3.69. The maximum absolute atomic E-state index is 14.4. The van der Waals surface area contributed by atoms with Crippen molar-refractivity contribution in [1.29, 1.82) is 0 Å². The van der Waals surface area contributed by atoms with Crippen molar-refractivity contribution in [1.82, 2.24) is 0 Å². The normalized spacial score (nSPS) is 12.9. The molecule has 0 aliphatic carbocycles. The number of alkyl halides is 6. The second kappa shape index (κ2) is 11.1. The molecule has 0 saturated carbocycles. The van der Waals surface area contributed by atoms with Crippen LogP contribution in [-0.4, -0.2) is 17.4 Å². The van der Waals surface area contributed by atoms with Crippen molar-refractivity contribution in [2.75, 3.05) is 5.32 Å². The first-order chi connectivity index (χ1) is 17.2. The molecule has 3 rings (SSSR count). The monoisotopic (exact) mass is 525 g/mol. The fourth-order valence-electron chi connectivity index (χ4n) is 4.03. The molecular weight excluding hydrogens is 500 g/mol. The Morgan fingerprint density at radius 2 is 1.54 bits per heavy atom. The number of hydrogen-bond donors (Lipinski definition) is 2. The fourth-order valence-corrected chi connectivity index (χ4v) is 4.03. The van der Waals surface area contributed by atoms with E-state index in [0.717, 1.165) is 12.1 Å². The zero-order valence-corrected chi connectivity index (χ0v) is 20.0. The third-order valence-corrected chi connectivity index (χ3v) is 5.58. The second-order valence-corrected chi connectivity index (χ2v) is 8.92. The number of carboxylic acids is 1. The maximum Gasteiger partial charge on any atom is 0.573 e. The lowest BCUT2D eigenvalue weighted by Gasteiger charge is -2.25. The van der Waals surface area contributed by atoms with Gasteiger partial charge in [-0.2, -0.15) is 13.2 Å². The Morgan fingerprint density at radius 3 is 2.05 bits per heavy atom. The van der Waals surface area contributed by atoms with Crippen molar-refractivity contribution < 1.29 is 41.0 Å². The van der Waals surface area contributed by atoms with Crippen LogP contribution in [0.4, 0.5) is 32.0 Å². The van der Waals surface area contributed by atoms with Gasteiger partial charge in [0.2, 0.25) is 0 Å². The topological polar surface area (TPSA) is 58.6 Å². The van der Waals surface area contributed by atoms with Gasteiger partial charge in [0.25, 0.3) is 0 Å². The van der Waals surface area contributed by atoms with Crippen LogP contribution < -0.4 is 10.1 Å². The number of ether oxygens (including phenoxy) is 1. The van der Waals surface area contributed by atoms with E-state index in [4.69, 9.17) is 0 Å². The quantitative estimate of drug-likeness (QED) is 0.277. The van der Waals surface area contributed by atoms with Gasteiger partial charge in [-0.1, -0.05) is 56.3 Å². The third-order valence-electron chi connectivity index (χ3n) is 5.58. The summed E-state index contributed by atoms with van der Waals surface area (Å²) in [6.45, 7) is 3.31. The zero-order valence-electron chi connectivity index (χ0n) is 20.0. The largest absolute Gasteiger partial charge is 0.573 e. The lowest BCUT2D eigenvalue weighted by molar-refractivity contribution is -0.274. The maximum atomic E-state index is 14.4. The van der Waals surface area contributed by atoms with Gasteiger partial charge in [-0.15, -0.1) is 13.2 Å². The lowest BCUT2D eigenvalue weighted by Crippen LogP contribution is -2.21. The minimum Gasteiger partial charge on any atom is -0.481 e. The lowest BCUT2D eigenvalue weighted by atomic mass is 9.84. The molecule has 0 aliphatic rings. The van der Waals surface area contributed by atoms with Crippen LogP contribution in [0.15, 0.2) is 66.7 Å². The Kier molecular flexibility index (Phi) is 8.40. The van der Waals surface area contributed by atoms with Crippen molar-refractivity contribution in [3.05, 3.63) is 83.4 Å². The molecule has 0 amide bonds. The van der Waals surface area contributed by atoms with Crippen molar-refractivity contribution in [3.63, 3.8) is 0 Å². The molecule has 0 bridgehead atoms. The third kappa shape index (κ3) is 7.65. The summed E-state index contributed by atoms with van der Waals surface area (Å²) >= 11 is 0. The molecule has 0 aliphatic heterocycles. The molecule has 10 heteroatoms. The standard InChI is InChI=1S/C27H25F6NO3/c1-16(2)12-22(25(35)36)21-13-19(18-6-4-3-5-7-18)14-23(24(21)26(28,29)30)34-15-17-8-10-20(11-9-17)37-27(31,32)33/h3-11,13-14,16,22,34H,12,15H2,1-2H3,(H,35,36). The highest BCUT2D eigenvalue weighted by Gasteiger charge is 2.40. The number of hydrogen-bond acceptors (Lipinski definition) is 3. The first-order valence-corrected chi connectivity index (χ1v) is 11.4. The Bertz CT molecular complexity index is 1210. The molecule has 4 nitrogen and oxygen atoms in total. The van der Waals surface area contributed by atoms with E-state index in [2.05, 4.69) is 10.1 Å². The summed E-state index contributed by atoms with van der Waals surface area (Å²) in [4.78, 5) is 12.1. The van der Waals surface area contributed by atoms with Crippen LogP contribution in [0.25, 0.3) is 11.1 Å². The highest BCUT2D eigenvalue weighted by molar-refractivity contribution is 5.81. The molecule has 0 spiro atoms. The molecule has 1 atom stereocenters. The van der Waals surface area contributed by atoms with Crippen LogP contribution in [-0.2, 0) is 17.5 Å². The minimum atomic E-state index is -4.87. The number of rotatable bonds is 9. The van der Waals surface area contributed by atoms with E-state index in [1.54, 1.807) is 44.2 Å². The number of carbonyl (C=O) groups is 1. The van der Waals surface area contributed by atoms with Gasteiger partial charge in [-0.05, 0) is 58.9 Å². The molecule has 198 valence electrons. The Balaban J connectivity index is 2.08. The van der Waals surface area contributed by atoms with Crippen LogP contribution in [0.3, 0.4) is 0 Å². The molecule has 0 fully saturated rings. The van der Waals surface area contributed by atoms with E-state index >= 15 is 0 Å². The average Bonchev–Trinajstić information content (AvgIpc) is 2.80. The highest BCUT2D eigenvalue weighted by atomic mass is 19.4. The molecule has 0 saturated heterocycles. The molecule has 0 radical (unpaired) electrons. The molecule has 0 heterocycles. The van der Waals surface area contributed by atoms with Gasteiger partial charge >= 0.3 is 18.5 Å². The van der Waals surface area contributed by atoms with E-state index in [-0.39, 0.29) is 30.1 Å². The number of halogens is 6. The SMILES string of the molecule is CC(C)CC(C(=O)O)c1cc(-c2ccccc2)cc(NCc2ccc(OC(F)(F)F)cc2)c1C(F)(F)F. The number of benzene rings is 3. The number of anilines is 1. The predicted molar refractivity (Wildman–Crippen MR) is 127 cm³/mol. The van der Waals surface area contributed by atoms with Crippen molar-refractivity contribution in [3.8, 4) is 16.9 Å². The van der Waals surface area contributed by atoms with Crippen LogP contribution in [0.5, 0.6) is 5.75 Å². The Morgan fingerprint density at radius 1 is 0.919 bits per heavy atom. The van der Waals surface area contributed by atoms with Gasteiger partial charge in [0.1, 0.15) is 5.75 Å². The molecular formula is C27H25F6NO3.